The average Bonchev–Trinajstić information content (AvgIpc) is 2.45. The molecule has 2 unspecified atom stereocenters. The van der Waals surface area contributed by atoms with Gasteiger partial charge in [-0.1, -0.05) is 13.3 Å². The molecule has 2 aliphatic heterocycles. The Morgan fingerprint density at radius 2 is 1.90 bits per heavy atom. The molecule has 0 amide bonds. The minimum atomic E-state index is -3.34. The Morgan fingerprint density at radius 1 is 1.14 bits per heavy atom. The summed E-state index contributed by atoms with van der Waals surface area (Å²) in [4.78, 5) is 2.20. The lowest BCUT2D eigenvalue weighted by atomic mass is 10.1. The van der Waals surface area contributed by atoms with E-state index in [4.69, 9.17) is 0 Å². The predicted octanol–water partition coefficient (Wildman–Crippen LogP) is 0.331. The van der Waals surface area contributed by atoms with E-state index in [1.54, 1.807) is 8.61 Å². The van der Waals surface area contributed by atoms with Crippen LogP contribution in [0.2, 0.25) is 0 Å². The first-order valence-corrected chi connectivity index (χ1v) is 9.54. The second kappa shape index (κ2) is 7.37. The molecule has 0 bridgehead atoms. The van der Waals surface area contributed by atoms with Gasteiger partial charge in [0.25, 0.3) is 10.2 Å². The number of hydrogen-bond donors (Lipinski definition) is 1. The summed E-state index contributed by atoms with van der Waals surface area (Å²) in [6.07, 6.45) is 3.07. The van der Waals surface area contributed by atoms with Crippen molar-refractivity contribution in [2.75, 3.05) is 46.3 Å². The van der Waals surface area contributed by atoms with Crippen LogP contribution >= 0.6 is 0 Å². The van der Waals surface area contributed by atoms with Crippen molar-refractivity contribution in [1.82, 2.24) is 18.8 Å². The maximum absolute atomic E-state index is 13.0. The highest BCUT2D eigenvalue weighted by Crippen LogP contribution is 2.24. The monoisotopic (exact) mass is 318 g/mol. The van der Waals surface area contributed by atoms with Gasteiger partial charge in [0.1, 0.15) is 0 Å². The fourth-order valence-electron chi connectivity index (χ4n) is 3.39. The highest BCUT2D eigenvalue weighted by molar-refractivity contribution is 7.86. The second-order valence-electron chi connectivity index (χ2n) is 6.30. The van der Waals surface area contributed by atoms with Crippen LogP contribution in [0.5, 0.6) is 0 Å². The van der Waals surface area contributed by atoms with E-state index in [0.29, 0.717) is 13.1 Å². The van der Waals surface area contributed by atoms with Crippen LogP contribution in [0.25, 0.3) is 0 Å². The normalized spacial score (nSPS) is 30.6. The highest BCUT2D eigenvalue weighted by Gasteiger charge is 2.39. The quantitative estimate of drug-likeness (QED) is 0.794. The van der Waals surface area contributed by atoms with E-state index in [9.17, 15) is 8.42 Å². The molecule has 6 nitrogen and oxygen atoms in total. The summed E-state index contributed by atoms with van der Waals surface area (Å²) in [5, 5.41) is 3.31. The molecule has 0 saturated carbocycles. The van der Waals surface area contributed by atoms with Crippen molar-refractivity contribution in [3.8, 4) is 0 Å². The average molecular weight is 318 g/mol. The lowest BCUT2D eigenvalue weighted by Gasteiger charge is -2.43. The van der Waals surface area contributed by atoms with Crippen molar-refractivity contribution in [3.63, 3.8) is 0 Å². The molecule has 0 spiro atoms. The van der Waals surface area contributed by atoms with Crippen molar-refractivity contribution in [3.05, 3.63) is 0 Å². The van der Waals surface area contributed by atoms with Gasteiger partial charge >= 0.3 is 0 Å². The smallest absolute Gasteiger partial charge is 0.282 e. The zero-order valence-electron chi connectivity index (χ0n) is 13.6. The third-order valence-corrected chi connectivity index (χ3v) is 6.77. The molecule has 124 valence electrons. The van der Waals surface area contributed by atoms with E-state index in [1.165, 1.54) is 0 Å². The van der Waals surface area contributed by atoms with Crippen LogP contribution < -0.4 is 5.32 Å². The third-order valence-electron chi connectivity index (χ3n) is 4.57. The van der Waals surface area contributed by atoms with Crippen LogP contribution in [-0.4, -0.2) is 80.3 Å². The number of nitrogens with one attached hydrogen (secondary N) is 1. The van der Waals surface area contributed by atoms with Crippen LogP contribution in [-0.2, 0) is 10.2 Å². The van der Waals surface area contributed by atoms with Gasteiger partial charge < -0.3 is 10.2 Å². The number of likely N-dealkylation sites (N-methyl/N-ethyl adjacent to an activating group) is 2. The van der Waals surface area contributed by atoms with Gasteiger partial charge in [0, 0.05) is 44.8 Å². The minimum Gasteiger partial charge on any atom is -0.315 e. The van der Waals surface area contributed by atoms with Crippen LogP contribution in [0, 0.1) is 0 Å². The van der Waals surface area contributed by atoms with Gasteiger partial charge in [-0.25, -0.2) is 0 Å². The van der Waals surface area contributed by atoms with Crippen LogP contribution in [0.4, 0.5) is 0 Å². The summed E-state index contributed by atoms with van der Waals surface area (Å²) in [6.45, 7) is 8.61. The maximum Gasteiger partial charge on any atom is 0.282 e. The molecule has 0 aliphatic carbocycles. The van der Waals surface area contributed by atoms with Gasteiger partial charge in [0.05, 0.1) is 0 Å². The summed E-state index contributed by atoms with van der Waals surface area (Å²) in [6, 6.07) is 0.158. The Bertz CT molecular complexity index is 429. The number of piperidine rings is 1. The second-order valence-corrected chi connectivity index (χ2v) is 8.13. The van der Waals surface area contributed by atoms with E-state index < -0.39 is 10.2 Å². The third kappa shape index (κ3) is 3.96. The summed E-state index contributed by atoms with van der Waals surface area (Å²) >= 11 is 0. The Hall–Kier alpha value is -0.210. The fraction of sp³-hybridized carbons (Fsp3) is 1.00. The first kappa shape index (κ1) is 17.1. The van der Waals surface area contributed by atoms with Crippen molar-refractivity contribution < 1.29 is 8.42 Å². The SMILES string of the molecule is CCNCC1CCCCN1S(=O)(=O)N1CCN(C)CC1C. The molecule has 7 heteroatoms. The predicted molar refractivity (Wildman–Crippen MR) is 85.5 cm³/mol. The van der Waals surface area contributed by atoms with Gasteiger partial charge in [0.2, 0.25) is 0 Å². The summed E-state index contributed by atoms with van der Waals surface area (Å²) < 4.78 is 29.5. The lowest BCUT2D eigenvalue weighted by Crippen LogP contribution is -2.59. The maximum atomic E-state index is 13.0. The Labute approximate surface area is 129 Å². The molecule has 2 saturated heterocycles. The molecule has 2 fully saturated rings. The minimum absolute atomic E-state index is 0.0514. The van der Waals surface area contributed by atoms with Crippen LogP contribution in [0.15, 0.2) is 0 Å². The van der Waals surface area contributed by atoms with E-state index in [1.807, 2.05) is 6.92 Å². The van der Waals surface area contributed by atoms with E-state index >= 15 is 0 Å². The fourth-order valence-corrected chi connectivity index (χ4v) is 5.41. The number of hydrogen-bond acceptors (Lipinski definition) is 4. The molecule has 2 aliphatic rings. The molecule has 2 rings (SSSR count). The molecule has 21 heavy (non-hydrogen) atoms. The number of piperazine rings is 1. The molecule has 0 radical (unpaired) electrons. The number of rotatable bonds is 5. The van der Waals surface area contributed by atoms with Crippen molar-refractivity contribution in [2.45, 2.75) is 45.2 Å². The molecule has 2 heterocycles. The topological polar surface area (TPSA) is 55.9 Å². The molecule has 2 atom stereocenters. The van der Waals surface area contributed by atoms with Crippen LogP contribution in [0.1, 0.15) is 33.1 Å². The zero-order chi connectivity index (χ0) is 15.5. The van der Waals surface area contributed by atoms with Gasteiger partial charge in [0.15, 0.2) is 0 Å². The molecule has 0 aromatic rings. The first-order chi connectivity index (χ1) is 9.96. The zero-order valence-corrected chi connectivity index (χ0v) is 14.4. The van der Waals surface area contributed by atoms with Crippen LogP contribution in [0.3, 0.4) is 0 Å². The van der Waals surface area contributed by atoms with Gasteiger partial charge in [-0.05, 0) is 33.4 Å². The number of nitrogens with zero attached hydrogens (tertiary/aromatic N) is 3. The van der Waals surface area contributed by atoms with Gasteiger partial charge in [-0.3, -0.25) is 0 Å². The molecule has 0 aromatic carbocycles. The lowest BCUT2D eigenvalue weighted by molar-refractivity contribution is 0.150. The van der Waals surface area contributed by atoms with Crippen molar-refractivity contribution in [2.24, 2.45) is 0 Å². The highest BCUT2D eigenvalue weighted by atomic mass is 32.2. The summed E-state index contributed by atoms with van der Waals surface area (Å²) in [7, 11) is -1.29. The van der Waals surface area contributed by atoms with E-state index in [2.05, 4.69) is 24.2 Å². The van der Waals surface area contributed by atoms with Crippen molar-refractivity contribution in [1.29, 1.82) is 0 Å². The molecule has 1 N–H and O–H groups in total. The first-order valence-electron chi connectivity index (χ1n) is 8.14. The Morgan fingerprint density at radius 3 is 2.57 bits per heavy atom. The van der Waals surface area contributed by atoms with Crippen molar-refractivity contribution >= 4 is 10.2 Å². The molecule has 0 aromatic heterocycles. The standard InChI is InChI=1S/C14H30N4O2S/c1-4-15-11-14-7-5-6-8-18(14)21(19,20)17-10-9-16(3)12-13(17)2/h13-15H,4-12H2,1-3H3. The van der Waals surface area contributed by atoms with Gasteiger partial charge in [-0.2, -0.15) is 17.0 Å². The largest absolute Gasteiger partial charge is 0.315 e. The Kier molecular flexibility index (Phi) is 6.02. The summed E-state index contributed by atoms with van der Waals surface area (Å²) in [5.74, 6) is 0. The Balaban J connectivity index is 2.12. The summed E-state index contributed by atoms with van der Waals surface area (Å²) in [5.41, 5.74) is 0. The van der Waals surface area contributed by atoms with E-state index in [-0.39, 0.29) is 12.1 Å². The molecular formula is C14H30N4O2S. The van der Waals surface area contributed by atoms with Gasteiger partial charge in [-0.15, -0.1) is 0 Å². The molecular weight excluding hydrogens is 288 g/mol. The van der Waals surface area contributed by atoms with E-state index in [0.717, 1.165) is 45.4 Å².